The summed E-state index contributed by atoms with van der Waals surface area (Å²) < 4.78 is 0. The first-order valence-electron chi connectivity index (χ1n) is 15.2. The van der Waals surface area contributed by atoms with Gasteiger partial charge in [-0.3, -0.25) is 0 Å². The molecule has 2 saturated carbocycles. The van der Waals surface area contributed by atoms with E-state index in [1.165, 1.54) is 128 Å². The van der Waals surface area contributed by atoms with Crippen LogP contribution in [-0.4, -0.2) is 0 Å². The van der Waals surface area contributed by atoms with Crippen molar-refractivity contribution in [3.8, 4) is 6.07 Å². The van der Waals surface area contributed by atoms with Gasteiger partial charge < -0.3 is 0 Å². The van der Waals surface area contributed by atoms with E-state index < -0.39 is 0 Å². The molecule has 0 aliphatic heterocycles. The minimum atomic E-state index is 0.315. The first-order valence-corrected chi connectivity index (χ1v) is 15.2. The van der Waals surface area contributed by atoms with Crippen LogP contribution in [0.5, 0.6) is 0 Å². The molecule has 0 spiro atoms. The predicted molar refractivity (Wildman–Crippen MR) is 147 cm³/mol. The predicted octanol–water partition coefficient (Wildman–Crippen LogP) is 10.4. The first kappa shape index (κ1) is 27.3. The third-order valence-electron chi connectivity index (χ3n) is 9.30. The van der Waals surface area contributed by atoms with Gasteiger partial charge in [-0.05, 0) is 92.6 Å². The van der Waals surface area contributed by atoms with Gasteiger partial charge in [0.1, 0.15) is 0 Å². The van der Waals surface area contributed by atoms with Crippen molar-refractivity contribution in [3.05, 3.63) is 35.4 Å². The molecule has 0 amide bonds. The number of benzene rings is 1. The van der Waals surface area contributed by atoms with Gasteiger partial charge in [-0.2, -0.15) is 5.26 Å². The van der Waals surface area contributed by atoms with E-state index in [1.807, 2.05) is 0 Å². The van der Waals surface area contributed by atoms with E-state index in [0.717, 1.165) is 17.8 Å². The molecule has 34 heavy (non-hydrogen) atoms. The lowest BCUT2D eigenvalue weighted by molar-refractivity contribution is 0.188. The van der Waals surface area contributed by atoms with Crippen LogP contribution >= 0.6 is 0 Å². The molecule has 3 rings (SSSR count). The van der Waals surface area contributed by atoms with E-state index in [0.29, 0.717) is 11.8 Å². The second-order valence-corrected chi connectivity index (χ2v) is 11.9. The monoisotopic (exact) mass is 463 g/mol. The fourth-order valence-corrected chi connectivity index (χ4v) is 6.88. The summed E-state index contributed by atoms with van der Waals surface area (Å²) in [7, 11) is 0. The number of rotatable bonds is 14. The Bertz CT molecular complexity index is 682. The van der Waals surface area contributed by atoms with Crippen molar-refractivity contribution in [2.45, 2.75) is 142 Å². The van der Waals surface area contributed by atoms with Crippen molar-refractivity contribution >= 4 is 0 Å². The van der Waals surface area contributed by atoms with Gasteiger partial charge in [0, 0.05) is 5.92 Å². The molecular weight excluding hydrogens is 410 g/mol. The topological polar surface area (TPSA) is 23.8 Å². The molecular formula is C33H53N. The molecule has 1 atom stereocenters. The summed E-state index contributed by atoms with van der Waals surface area (Å²) in [6, 6.07) is 12.4. The van der Waals surface area contributed by atoms with Crippen molar-refractivity contribution in [1.82, 2.24) is 0 Å². The summed E-state index contributed by atoms with van der Waals surface area (Å²) in [6.45, 7) is 4.59. The Hall–Kier alpha value is -1.29. The van der Waals surface area contributed by atoms with Crippen LogP contribution < -0.4 is 0 Å². The Labute approximate surface area is 212 Å². The highest BCUT2D eigenvalue weighted by molar-refractivity contribution is 5.26. The molecule has 2 aliphatic carbocycles. The van der Waals surface area contributed by atoms with E-state index in [2.05, 4.69) is 44.2 Å². The molecule has 1 aromatic rings. The zero-order chi connectivity index (χ0) is 24.0. The van der Waals surface area contributed by atoms with E-state index in [4.69, 9.17) is 0 Å². The maximum atomic E-state index is 9.94. The van der Waals surface area contributed by atoms with Crippen LogP contribution in [0.15, 0.2) is 24.3 Å². The highest BCUT2D eigenvalue weighted by Crippen LogP contribution is 2.42. The molecule has 0 radical (unpaired) electrons. The van der Waals surface area contributed by atoms with Crippen LogP contribution in [0, 0.1) is 35.0 Å². The highest BCUT2D eigenvalue weighted by Gasteiger charge is 2.31. The second kappa shape index (κ2) is 15.7. The van der Waals surface area contributed by atoms with Gasteiger partial charge >= 0.3 is 0 Å². The average Bonchev–Trinajstić information content (AvgIpc) is 2.89. The molecule has 1 heteroatoms. The molecule has 1 nitrogen and oxygen atoms in total. The second-order valence-electron chi connectivity index (χ2n) is 11.9. The number of unbranched alkanes of at least 4 members (excludes halogenated alkanes) is 6. The SMILES string of the molecule is CCCCCCCCc1ccc(C2CCC(CC(C#N)C3CCC(CCCC)CC3)CC2)cc1. The average molecular weight is 464 g/mol. The van der Waals surface area contributed by atoms with Crippen LogP contribution in [0.2, 0.25) is 0 Å². The van der Waals surface area contributed by atoms with Gasteiger partial charge in [0.25, 0.3) is 0 Å². The Kier molecular flexibility index (Phi) is 12.6. The Morgan fingerprint density at radius 1 is 0.735 bits per heavy atom. The number of hydrogen-bond acceptors (Lipinski definition) is 1. The Balaban J connectivity index is 1.35. The fourth-order valence-electron chi connectivity index (χ4n) is 6.88. The zero-order valence-corrected chi connectivity index (χ0v) is 22.6. The summed E-state index contributed by atoms with van der Waals surface area (Å²) in [5.41, 5.74) is 3.08. The van der Waals surface area contributed by atoms with Crippen LogP contribution in [0.1, 0.15) is 146 Å². The Morgan fingerprint density at radius 3 is 2.00 bits per heavy atom. The van der Waals surface area contributed by atoms with Crippen molar-refractivity contribution in [2.75, 3.05) is 0 Å². The summed E-state index contributed by atoms with van der Waals surface area (Å²) >= 11 is 0. The molecule has 1 unspecified atom stereocenters. The molecule has 1 aromatic carbocycles. The third-order valence-corrected chi connectivity index (χ3v) is 9.30. The first-order chi connectivity index (χ1) is 16.7. The minimum absolute atomic E-state index is 0.315. The van der Waals surface area contributed by atoms with Crippen LogP contribution in [0.25, 0.3) is 0 Å². The third kappa shape index (κ3) is 9.06. The van der Waals surface area contributed by atoms with E-state index in [-0.39, 0.29) is 0 Å². The number of aryl methyl sites for hydroxylation is 1. The summed E-state index contributed by atoms with van der Waals surface area (Å²) in [5, 5.41) is 9.94. The van der Waals surface area contributed by atoms with Crippen LogP contribution in [-0.2, 0) is 6.42 Å². The summed E-state index contributed by atoms with van der Waals surface area (Å²) in [5.74, 6) is 3.47. The molecule has 0 aromatic heterocycles. The van der Waals surface area contributed by atoms with Gasteiger partial charge in [-0.1, -0.05) is 102 Å². The van der Waals surface area contributed by atoms with Gasteiger partial charge in [-0.15, -0.1) is 0 Å². The molecule has 0 N–H and O–H groups in total. The normalized spacial score (nSPS) is 26.1. The lowest BCUT2D eigenvalue weighted by atomic mass is 9.70. The maximum Gasteiger partial charge on any atom is 0.0658 e. The summed E-state index contributed by atoms with van der Waals surface area (Å²) in [4.78, 5) is 0. The number of nitriles is 1. The van der Waals surface area contributed by atoms with Crippen LogP contribution in [0.4, 0.5) is 0 Å². The highest BCUT2D eigenvalue weighted by atomic mass is 14.4. The van der Waals surface area contributed by atoms with Gasteiger partial charge in [0.05, 0.1) is 6.07 Å². The quantitative estimate of drug-likeness (QED) is 0.252. The molecule has 0 saturated heterocycles. The maximum absolute atomic E-state index is 9.94. The lowest BCUT2D eigenvalue weighted by Gasteiger charge is -2.34. The number of nitrogens with zero attached hydrogens (tertiary/aromatic N) is 1. The molecule has 2 fully saturated rings. The van der Waals surface area contributed by atoms with Crippen molar-refractivity contribution in [2.24, 2.45) is 23.7 Å². The van der Waals surface area contributed by atoms with E-state index >= 15 is 0 Å². The largest absolute Gasteiger partial charge is 0.198 e. The van der Waals surface area contributed by atoms with Gasteiger partial charge in [0.15, 0.2) is 0 Å². The molecule has 0 bridgehead atoms. The Morgan fingerprint density at radius 2 is 1.35 bits per heavy atom. The minimum Gasteiger partial charge on any atom is -0.198 e. The standard InChI is InChI=1S/C33H53N/c1-3-5-7-8-9-10-12-28-13-19-30(20-14-28)31-23-17-29(18-24-31)25-33(26-34)32-21-15-27(16-22-32)11-6-4-2/h13-14,19-20,27,29,31-33H,3-12,15-18,21-25H2,1-2H3. The fraction of sp³-hybridized carbons (Fsp3) is 0.788. The van der Waals surface area contributed by atoms with E-state index in [9.17, 15) is 5.26 Å². The van der Waals surface area contributed by atoms with Gasteiger partial charge in [0.2, 0.25) is 0 Å². The van der Waals surface area contributed by atoms with Crippen molar-refractivity contribution < 1.29 is 0 Å². The molecule has 2 aliphatic rings. The molecule has 190 valence electrons. The summed E-state index contributed by atoms with van der Waals surface area (Å²) in [6.07, 6.45) is 25.5. The molecule has 0 heterocycles. The number of hydrogen-bond donors (Lipinski definition) is 0. The van der Waals surface area contributed by atoms with Crippen molar-refractivity contribution in [3.63, 3.8) is 0 Å². The zero-order valence-electron chi connectivity index (χ0n) is 22.6. The smallest absolute Gasteiger partial charge is 0.0658 e. The van der Waals surface area contributed by atoms with Crippen LogP contribution in [0.3, 0.4) is 0 Å². The lowest BCUT2D eigenvalue weighted by Crippen LogP contribution is -2.24. The van der Waals surface area contributed by atoms with Gasteiger partial charge in [-0.25, -0.2) is 0 Å². The van der Waals surface area contributed by atoms with Crippen molar-refractivity contribution in [1.29, 1.82) is 5.26 Å². The van der Waals surface area contributed by atoms with E-state index in [1.54, 1.807) is 5.56 Å².